The van der Waals surface area contributed by atoms with Crippen molar-refractivity contribution >= 4 is 5.95 Å². The minimum Gasteiger partial charge on any atom is -0.344 e. The van der Waals surface area contributed by atoms with Gasteiger partial charge in [-0.05, 0) is 18.8 Å². The molecule has 76 valence electrons. The molecule has 0 saturated heterocycles. The van der Waals surface area contributed by atoms with Crippen molar-refractivity contribution in [2.75, 3.05) is 18.5 Å². The highest BCUT2D eigenvalue weighted by molar-refractivity contribution is 5.28. The SMILES string of the molecule is CN(CC1CC1)c1ncc(CN)cn1. The monoisotopic (exact) mass is 192 g/mol. The van der Waals surface area contributed by atoms with Crippen molar-refractivity contribution in [3.8, 4) is 0 Å². The number of hydrogen-bond acceptors (Lipinski definition) is 4. The average molecular weight is 192 g/mol. The van der Waals surface area contributed by atoms with Gasteiger partial charge in [-0.15, -0.1) is 0 Å². The van der Waals surface area contributed by atoms with E-state index in [1.165, 1.54) is 12.8 Å². The number of nitrogens with two attached hydrogens (primary N) is 1. The molecule has 2 N–H and O–H groups in total. The van der Waals surface area contributed by atoms with Gasteiger partial charge in [0, 0.05) is 38.1 Å². The third-order valence-corrected chi connectivity index (χ3v) is 2.50. The third kappa shape index (κ3) is 2.20. The predicted molar refractivity (Wildman–Crippen MR) is 55.9 cm³/mol. The molecular formula is C10H16N4. The zero-order chi connectivity index (χ0) is 9.97. The van der Waals surface area contributed by atoms with E-state index >= 15 is 0 Å². The lowest BCUT2D eigenvalue weighted by Crippen LogP contribution is -2.22. The van der Waals surface area contributed by atoms with Gasteiger partial charge in [-0.3, -0.25) is 0 Å². The summed E-state index contributed by atoms with van der Waals surface area (Å²) in [6, 6.07) is 0. The van der Waals surface area contributed by atoms with Crippen LogP contribution in [0.25, 0.3) is 0 Å². The van der Waals surface area contributed by atoms with Gasteiger partial charge < -0.3 is 10.6 Å². The lowest BCUT2D eigenvalue weighted by molar-refractivity contribution is 0.762. The minimum absolute atomic E-state index is 0.507. The summed E-state index contributed by atoms with van der Waals surface area (Å²) in [6.07, 6.45) is 6.30. The van der Waals surface area contributed by atoms with E-state index in [4.69, 9.17) is 5.73 Å². The first kappa shape index (κ1) is 9.40. The van der Waals surface area contributed by atoms with Crippen molar-refractivity contribution in [3.05, 3.63) is 18.0 Å². The maximum absolute atomic E-state index is 5.47. The maximum atomic E-state index is 5.47. The molecule has 4 nitrogen and oxygen atoms in total. The largest absolute Gasteiger partial charge is 0.344 e. The Hall–Kier alpha value is -1.16. The van der Waals surface area contributed by atoms with Gasteiger partial charge in [0.15, 0.2) is 0 Å². The molecule has 0 bridgehead atoms. The van der Waals surface area contributed by atoms with E-state index in [1.54, 1.807) is 12.4 Å². The predicted octanol–water partition coefficient (Wildman–Crippen LogP) is 0.781. The Morgan fingerprint density at radius 1 is 1.43 bits per heavy atom. The van der Waals surface area contributed by atoms with Crippen molar-refractivity contribution in [3.63, 3.8) is 0 Å². The van der Waals surface area contributed by atoms with E-state index in [0.717, 1.165) is 24.0 Å². The van der Waals surface area contributed by atoms with Crippen LogP contribution >= 0.6 is 0 Å². The van der Waals surface area contributed by atoms with Gasteiger partial charge in [-0.25, -0.2) is 9.97 Å². The maximum Gasteiger partial charge on any atom is 0.225 e. The zero-order valence-electron chi connectivity index (χ0n) is 8.48. The summed E-state index contributed by atoms with van der Waals surface area (Å²) in [5.41, 5.74) is 6.45. The van der Waals surface area contributed by atoms with E-state index in [2.05, 4.69) is 14.9 Å². The summed E-state index contributed by atoms with van der Waals surface area (Å²) >= 11 is 0. The number of rotatable bonds is 4. The fourth-order valence-electron chi connectivity index (χ4n) is 1.42. The Morgan fingerprint density at radius 3 is 2.57 bits per heavy atom. The Morgan fingerprint density at radius 2 is 2.07 bits per heavy atom. The molecule has 0 aliphatic heterocycles. The zero-order valence-corrected chi connectivity index (χ0v) is 8.48. The second-order valence-corrected chi connectivity index (χ2v) is 3.92. The first-order chi connectivity index (χ1) is 6.79. The molecule has 2 rings (SSSR count). The molecule has 0 aromatic carbocycles. The average Bonchev–Trinajstić information content (AvgIpc) is 3.02. The van der Waals surface area contributed by atoms with Crippen LogP contribution < -0.4 is 10.6 Å². The number of nitrogens with zero attached hydrogens (tertiary/aromatic N) is 3. The summed E-state index contributed by atoms with van der Waals surface area (Å²) in [5, 5.41) is 0. The highest BCUT2D eigenvalue weighted by Gasteiger charge is 2.23. The van der Waals surface area contributed by atoms with Gasteiger partial charge in [-0.1, -0.05) is 0 Å². The Balaban J connectivity index is 1.99. The molecule has 1 aliphatic rings. The van der Waals surface area contributed by atoms with E-state index in [1.807, 2.05) is 7.05 Å². The van der Waals surface area contributed by atoms with Gasteiger partial charge in [-0.2, -0.15) is 0 Å². The number of aromatic nitrogens is 2. The van der Waals surface area contributed by atoms with E-state index in [-0.39, 0.29) is 0 Å². The molecule has 4 heteroatoms. The molecule has 1 aliphatic carbocycles. The first-order valence-electron chi connectivity index (χ1n) is 5.01. The summed E-state index contributed by atoms with van der Waals surface area (Å²) in [4.78, 5) is 10.6. The molecule has 0 spiro atoms. The molecule has 0 unspecified atom stereocenters. The smallest absolute Gasteiger partial charge is 0.225 e. The van der Waals surface area contributed by atoms with Crippen LogP contribution in [-0.4, -0.2) is 23.6 Å². The summed E-state index contributed by atoms with van der Waals surface area (Å²) in [7, 11) is 2.04. The Labute approximate surface area is 84.2 Å². The highest BCUT2D eigenvalue weighted by Crippen LogP contribution is 2.29. The third-order valence-electron chi connectivity index (χ3n) is 2.50. The number of anilines is 1. The van der Waals surface area contributed by atoms with Crippen LogP contribution in [0.4, 0.5) is 5.95 Å². The molecule has 0 radical (unpaired) electrons. The van der Waals surface area contributed by atoms with Crippen LogP contribution in [0.5, 0.6) is 0 Å². The molecule has 0 amide bonds. The van der Waals surface area contributed by atoms with Crippen LogP contribution in [-0.2, 0) is 6.54 Å². The molecule has 14 heavy (non-hydrogen) atoms. The lowest BCUT2D eigenvalue weighted by atomic mass is 10.3. The van der Waals surface area contributed by atoms with Crippen LogP contribution in [0.3, 0.4) is 0 Å². The van der Waals surface area contributed by atoms with E-state index in [9.17, 15) is 0 Å². The lowest BCUT2D eigenvalue weighted by Gasteiger charge is -2.16. The van der Waals surface area contributed by atoms with Gasteiger partial charge in [0.1, 0.15) is 0 Å². The van der Waals surface area contributed by atoms with E-state index < -0.39 is 0 Å². The van der Waals surface area contributed by atoms with Crippen molar-refractivity contribution in [2.24, 2.45) is 11.7 Å². The van der Waals surface area contributed by atoms with Crippen molar-refractivity contribution in [2.45, 2.75) is 19.4 Å². The quantitative estimate of drug-likeness (QED) is 0.766. The Bertz CT molecular complexity index is 291. The van der Waals surface area contributed by atoms with Crippen molar-refractivity contribution in [1.82, 2.24) is 9.97 Å². The molecule has 1 aromatic rings. The summed E-state index contributed by atoms with van der Waals surface area (Å²) in [5.74, 6) is 1.66. The van der Waals surface area contributed by atoms with Crippen molar-refractivity contribution in [1.29, 1.82) is 0 Å². The van der Waals surface area contributed by atoms with Gasteiger partial charge >= 0.3 is 0 Å². The molecule has 0 atom stereocenters. The molecule has 1 aromatic heterocycles. The topological polar surface area (TPSA) is 55.0 Å². The summed E-state index contributed by atoms with van der Waals surface area (Å²) in [6.45, 7) is 1.58. The standard InChI is InChI=1S/C10H16N4/c1-14(7-8-2-3-8)10-12-5-9(4-11)6-13-10/h5-6,8H,2-4,7,11H2,1H3. The molecular weight excluding hydrogens is 176 g/mol. The van der Waals surface area contributed by atoms with Gasteiger partial charge in [0.05, 0.1) is 0 Å². The molecule has 1 fully saturated rings. The van der Waals surface area contributed by atoms with Crippen LogP contribution in [0, 0.1) is 5.92 Å². The van der Waals surface area contributed by atoms with E-state index in [0.29, 0.717) is 6.54 Å². The number of hydrogen-bond donors (Lipinski definition) is 1. The van der Waals surface area contributed by atoms with Crippen LogP contribution in [0.2, 0.25) is 0 Å². The van der Waals surface area contributed by atoms with Gasteiger partial charge in [0.25, 0.3) is 0 Å². The Kier molecular flexibility index (Phi) is 2.63. The minimum atomic E-state index is 0.507. The van der Waals surface area contributed by atoms with Crippen LogP contribution in [0.15, 0.2) is 12.4 Å². The second-order valence-electron chi connectivity index (χ2n) is 3.92. The normalized spacial score (nSPS) is 15.6. The highest BCUT2D eigenvalue weighted by atomic mass is 15.2. The molecule has 1 saturated carbocycles. The van der Waals surface area contributed by atoms with Gasteiger partial charge in [0.2, 0.25) is 5.95 Å². The second kappa shape index (κ2) is 3.92. The molecule has 1 heterocycles. The fourth-order valence-corrected chi connectivity index (χ4v) is 1.42. The fraction of sp³-hybridized carbons (Fsp3) is 0.600. The van der Waals surface area contributed by atoms with Crippen molar-refractivity contribution < 1.29 is 0 Å². The summed E-state index contributed by atoms with van der Waals surface area (Å²) < 4.78 is 0. The van der Waals surface area contributed by atoms with Crippen LogP contribution in [0.1, 0.15) is 18.4 Å². The first-order valence-corrected chi connectivity index (χ1v) is 5.01.